The highest BCUT2D eigenvalue weighted by Gasteiger charge is 1.98. The Balaban J connectivity index is 1.63. The molecule has 0 aliphatic carbocycles. The Labute approximate surface area is 118 Å². The van der Waals surface area contributed by atoms with Crippen molar-refractivity contribution in [3.8, 4) is 0 Å². The van der Waals surface area contributed by atoms with E-state index >= 15 is 0 Å². The molecule has 0 radical (unpaired) electrons. The summed E-state index contributed by atoms with van der Waals surface area (Å²) in [5, 5.41) is 8.74. The summed E-state index contributed by atoms with van der Waals surface area (Å²) in [6, 6.07) is 8.32. The first-order chi connectivity index (χ1) is 9.38. The van der Waals surface area contributed by atoms with Crippen molar-refractivity contribution in [2.24, 2.45) is 4.99 Å². The fourth-order valence-electron chi connectivity index (χ4n) is 1.80. The van der Waals surface area contributed by atoms with Gasteiger partial charge in [0, 0.05) is 44.0 Å². The molecular formula is C14H20N4S. The number of aliphatic imine (C=N–C) groups is 1. The first-order valence-electron chi connectivity index (χ1n) is 6.46. The van der Waals surface area contributed by atoms with Crippen molar-refractivity contribution in [1.82, 2.24) is 15.2 Å². The Morgan fingerprint density at radius 2 is 2.00 bits per heavy atom. The van der Waals surface area contributed by atoms with Crippen LogP contribution in [-0.2, 0) is 13.0 Å². The summed E-state index contributed by atoms with van der Waals surface area (Å²) in [5.41, 5.74) is 0. The minimum Gasteiger partial charge on any atom is -0.356 e. The molecule has 2 aromatic rings. The Morgan fingerprint density at radius 3 is 2.68 bits per heavy atom. The molecule has 0 bridgehead atoms. The fourth-order valence-corrected chi connectivity index (χ4v) is 2.51. The van der Waals surface area contributed by atoms with Crippen molar-refractivity contribution in [1.29, 1.82) is 0 Å². The van der Waals surface area contributed by atoms with E-state index in [1.165, 1.54) is 4.88 Å². The monoisotopic (exact) mass is 276 g/mol. The lowest BCUT2D eigenvalue weighted by atomic mass is 10.3. The lowest BCUT2D eigenvalue weighted by molar-refractivity contribution is 0.665. The van der Waals surface area contributed by atoms with Crippen LogP contribution < -0.4 is 10.6 Å². The molecule has 2 N–H and O–H groups in total. The van der Waals surface area contributed by atoms with E-state index < -0.39 is 0 Å². The minimum absolute atomic E-state index is 0.865. The van der Waals surface area contributed by atoms with Crippen molar-refractivity contribution in [3.05, 3.63) is 46.9 Å². The highest BCUT2D eigenvalue weighted by molar-refractivity contribution is 7.09. The van der Waals surface area contributed by atoms with Crippen LogP contribution in [0.3, 0.4) is 0 Å². The Morgan fingerprint density at radius 1 is 1.21 bits per heavy atom. The molecule has 2 rings (SSSR count). The van der Waals surface area contributed by atoms with E-state index in [2.05, 4.69) is 50.1 Å². The van der Waals surface area contributed by atoms with Gasteiger partial charge in [0.05, 0.1) is 0 Å². The standard InChI is InChI=1S/C14H20N4S/c1-15-14(16-7-6-13-5-4-12-19-13)17-8-11-18-9-2-3-10-18/h2-5,9-10,12H,6-8,11H2,1H3,(H2,15,16,17). The molecule has 0 aliphatic rings. The van der Waals surface area contributed by atoms with Crippen molar-refractivity contribution in [2.75, 3.05) is 20.1 Å². The van der Waals surface area contributed by atoms with E-state index in [9.17, 15) is 0 Å². The van der Waals surface area contributed by atoms with Crippen LogP contribution in [0.1, 0.15) is 4.88 Å². The van der Waals surface area contributed by atoms with E-state index in [1.807, 2.05) is 12.1 Å². The van der Waals surface area contributed by atoms with Gasteiger partial charge in [-0.15, -0.1) is 11.3 Å². The first-order valence-corrected chi connectivity index (χ1v) is 7.34. The van der Waals surface area contributed by atoms with Gasteiger partial charge >= 0.3 is 0 Å². The summed E-state index contributed by atoms with van der Waals surface area (Å²) in [5.74, 6) is 0.865. The highest BCUT2D eigenvalue weighted by atomic mass is 32.1. The van der Waals surface area contributed by atoms with Gasteiger partial charge in [-0.05, 0) is 30.0 Å². The van der Waals surface area contributed by atoms with Crippen molar-refractivity contribution in [3.63, 3.8) is 0 Å². The zero-order valence-corrected chi connectivity index (χ0v) is 12.0. The normalized spacial score (nSPS) is 11.5. The third kappa shape index (κ3) is 4.79. The van der Waals surface area contributed by atoms with Crippen molar-refractivity contribution < 1.29 is 0 Å². The minimum atomic E-state index is 0.865. The number of guanidine groups is 1. The molecule has 0 unspecified atom stereocenters. The van der Waals surface area contributed by atoms with Gasteiger partial charge in [0.2, 0.25) is 0 Å². The molecule has 0 saturated heterocycles. The van der Waals surface area contributed by atoms with E-state index in [4.69, 9.17) is 0 Å². The first kappa shape index (κ1) is 13.7. The van der Waals surface area contributed by atoms with Crippen LogP contribution in [-0.4, -0.2) is 30.7 Å². The van der Waals surface area contributed by atoms with Crippen LogP contribution in [0.4, 0.5) is 0 Å². The molecule has 4 nitrogen and oxygen atoms in total. The molecule has 19 heavy (non-hydrogen) atoms. The maximum absolute atomic E-state index is 4.21. The van der Waals surface area contributed by atoms with Crippen LogP contribution >= 0.6 is 11.3 Å². The summed E-state index contributed by atoms with van der Waals surface area (Å²) < 4.78 is 2.14. The second kappa shape index (κ2) is 7.63. The van der Waals surface area contributed by atoms with Gasteiger partial charge in [0.1, 0.15) is 0 Å². The number of rotatable bonds is 6. The molecule has 0 atom stereocenters. The van der Waals surface area contributed by atoms with E-state index in [0.29, 0.717) is 0 Å². The van der Waals surface area contributed by atoms with Gasteiger partial charge in [-0.2, -0.15) is 0 Å². The predicted molar refractivity (Wildman–Crippen MR) is 81.8 cm³/mol. The lowest BCUT2D eigenvalue weighted by Crippen LogP contribution is -2.39. The third-order valence-electron chi connectivity index (χ3n) is 2.80. The molecule has 102 valence electrons. The highest BCUT2D eigenvalue weighted by Crippen LogP contribution is 2.07. The fraction of sp³-hybridized carbons (Fsp3) is 0.357. The van der Waals surface area contributed by atoms with Crippen LogP contribution in [0.2, 0.25) is 0 Å². The zero-order chi connectivity index (χ0) is 13.3. The molecule has 2 aromatic heterocycles. The molecular weight excluding hydrogens is 256 g/mol. The molecule has 0 amide bonds. The largest absolute Gasteiger partial charge is 0.356 e. The molecule has 0 aromatic carbocycles. The molecule has 0 aliphatic heterocycles. The topological polar surface area (TPSA) is 41.4 Å². The molecule has 2 heterocycles. The SMILES string of the molecule is CN=C(NCCc1cccs1)NCCn1cccc1. The number of nitrogens with zero attached hydrogens (tertiary/aromatic N) is 2. The summed E-state index contributed by atoms with van der Waals surface area (Å²) in [4.78, 5) is 5.61. The summed E-state index contributed by atoms with van der Waals surface area (Å²) in [6.07, 6.45) is 5.17. The Hall–Kier alpha value is -1.75. The molecule has 0 fully saturated rings. The average molecular weight is 276 g/mol. The number of hydrogen-bond acceptors (Lipinski definition) is 2. The molecule has 0 spiro atoms. The third-order valence-corrected chi connectivity index (χ3v) is 3.73. The van der Waals surface area contributed by atoms with Gasteiger partial charge in [0.15, 0.2) is 5.96 Å². The van der Waals surface area contributed by atoms with Gasteiger partial charge < -0.3 is 15.2 Å². The second-order valence-electron chi connectivity index (χ2n) is 4.18. The number of thiophene rings is 1. The van der Waals surface area contributed by atoms with Crippen molar-refractivity contribution in [2.45, 2.75) is 13.0 Å². The van der Waals surface area contributed by atoms with Gasteiger partial charge in [0.25, 0.3) is 0 Å². The number of aromatic nitrogens is 1. The van der Waals surface area contributed by atoms with Crippen LogP contribution in [0.15, 0.2) is 47.0 Å². The van der Waals surface area contributed by atoms with E-state index in [0.717, 1.165) is 32.0 Å². The van der Waals surface area contributed by atoms with E-state index in [1.54, 1.807) is 18.4 Å². The maximum Gasteiger partial charge on any atom is 0.191 e. The summed E-state index contributed by atoms with van der Waals surface area (Å²) >= 11 is 1.79. The van der Waals surface area contributed by atoms with Crippen LogP contribution in [0.5, 0.6) is 0 Å². The van der Waals surface area contributed by atoms with E-state index in [-0.39, 0.29) is 0 Å². The Bertz CT molecular complexity index is 431. The smallest absolute Gasteiger partial charge is 0.191 e. The second-order valence-corrected chi connectivity index (χ2v) is 5.21. The predicted octanol–water partition coefficient (Wildman–Crippen LogP) is 1.96. The maximum atomic E-state index is 4.21. The number of nitrogens with one attached hydrogen (secondary N) is 2. The zero-order valence-electron chi connectivity index (χ0n) is 11.2. The average Bonchev–Trinajstić information content (AvgIpc) is 3.10. The lowest BCUT2D eigenvalue weighted by Gasteiger charge is -2.11. The van der Waals surface area contributed by atoms with Crippen LogP contribution in [0.25, 0.3) is 0 Å². The number of hydrogen-bond donors (Lipinski definition) is 2. The van der Waals surface area contributed by atoms with Gasteiger partial charge in [-0.1, -0.05) is 6.07 Å². The molecule has 0 saturated carbocycles. The summed E-state index contributed by atoms with van der Waals surface area (Å²) in [6.45, 7) is 2.72. The summed E-state index contributed by atoms with van der Waals surface area (Å²) in [7, 11) is 1.80. The van der Waals surface area contributed by atoms with Crippen molar-refractivity contribution >= 4 is 17.3 Å². The van der Waals surface area contributed by atoms with Gasteiger partial charge in [-0.25, -0.2) is 0 Å². The van der Waals surface area contributed by atoms with Gasteiger partial charge in [-0.3, -0.25) is 4.99 Å². The molecule has 5 heteroatoms. The Kier molecular flexibility index (Phi) is 5.49. The quantitative estimate of drug-likeness (QED) is 0.625. The van der Waals surface area contributed by atoms with Crippen LogP contribution in [0, 0.1) is 0 Å².